The summed E-state index contributed by atoms with van der Waals surface area (Å²) in [5.41, 5.74) is 11.4. The third-order valence-electron chi connectivity index (χ3n) is 2.34. The molecule has 0 saturated carbocycles. The van der Waals surface area contributed by atoms with Gasteiger partial charge >= 0.3 is 37.7 Å². The van der Waals surface area contributed by atoms with Gasteiger partial charge in [0, 0.05) is 11.4 Å². The predicted octanol–water partition coefficient (Wildman–Crippen LogP) is -0.0350. The van der Waals surface area contributed by atoms with E-state index in [2.05, 4.69) is 0 Å². The summed E-state index contributed by atoms with van der Waals surface area (Å²) in [7, 11) is -8.65. The zero-order valence-electron chi connectivity index (χ0n) is 11.7. The summed E-state index contributed by atoms with van der Waals surface area (Å²) in [5, 5.41) is 0. The first-order valence-corrected chi connectivity index (χ1v) is 8.44. The van der Waals surface area contributed by atoms with Crippen LogP contribution in [-0.4, -0.2) is 63.7 Å². The van der Waals surface area contributed by atoms with Crippen molar-refractivity contribution in [2.24, 2.45) is 0 Å². The molecule has 120 valence electrons. The molecule has 0 saturated heterocycles. The Hall–Kier alpha value is -0.880. The van der Waals surface area contributed by atoms with E-state index in [-0.39, 0.29) is 47.5 Å². The van der Waals surface area contributed by atoms with Crippen molar-refractivity contribution < 1.29 is 25.9 Å². The molecule has 2 aromatic carbocycles. The summed E-state index contributed by atoms with van der Waals surface area (Å²) < 4.78 is 62.1. The average Bonchev–Trinajstić information content (AvgIpc) is 2.38. The molecular weight excluding hydrogens is 372 g/mol. The minimum Gasteiger partial charge on any atom is -0.744 e. The Labute approximate surface area is 164 Å². The molecule has 0 atom stereocenters. The molecule has 0 aliphatic heterocycles. The van der Waals surface area contributed by atoms with Crippen LogP contribution in [0.3, 0.4) is 0 Å². The number of nitrogens with two attached hydrogens (primary N) is 2. The van der Waals surface area contributed by atoms with Crippen LogP contribution >= 0.6 is 0 Å². The molecule has 4 N–H and O–H groups in total. The Balaban J connectivity index is 0.000000403. The van der Waals surface area contributed by atoms with E-state index in [9.17, 15) is 25.9 Å². The summed E-state index contributed by atoms with van der Waals surface area (Å²) in [5.74, 6) is 0. The Morgan fingerprint density at radius 3 is 1.00 bits per heavy atom. The van der Waals surface area contributed by atoms with Crippen LogP contribution in [0.2, 0.25) is 0 Å². The van der Waals surface area contributed by atoms with Gasteiger partial charge in [-0.2, -0.15) is 0 Å². The number of rotatable bonds is 2. The van der Waals surface area contributed by atoms with Crippen LogP contribution < -0.4 is 11.5 Å². The van der Waals surface area contributed by atoms with Crippen molar-refractivity contribution >= 4 is 69.3 Å². The summed E-state index contributed by atoms with van der Waals surface area (Å²) in [4.78, 5) is -0.515. The molecule has 23 heavy (non-hydrogen) atoms. The zero-order chi connectivity index (χ0) is 17.0. The molecule has 0 aromatic heterocycles. The van der Waals surface area contributed by atoms with Crippen molar-refractivity contribution in [2.45, 2.75) is 9.79 Å². The van der Waals surface area contributed by atoms with Gasteiger partial charge < -0.3 is 20.6 Å². The number of benzene rings is 2. The van der Waals surface area contributed by atoms with Gasteiger partial charge in [-0.1, -0.05) is 0 Å². The minimum atomic E-state index is -4.33. The molecule has 0 radical (unpaired) electrons. The van der Waals surface area contributed by atoms with E-state index in [1.807, 2.05) is 0 Å². The molecule has 0 aliphatic carbocycles. The SMILES string of the molecule is Nc1ccc(S(=O)(=O)[O-])cc1.Nc1ccc(S(=O)(=O)[O-])cc1.[Ca+2]. The zero-order valence-corrected chi connectivity index (χ0v) is 15.6. The van der Waals surface area contributed by atoms with Crippen LogP contribution in [-0.2, 0) is 20.2 Å². The fraction of sp³-hybridized carbons (Fsp3) is 0. The van der Waals surface area contributed by atoms with Gasteiger partial charge in [-0.05, 0) is 48.5 Å². The molecule has 0 amide bonds. The molecule has 0 fully saturated rings. The first-order valence-electron chi connectivity index (χ1n) is 5.63. The van der Waals surface area contributed by atoms with Gasteiger partial charge in [-0.3, -0.25) is 0 Å². The second kappa shape index (κ2) is 8.83. The van der Waals surface area contributed by atoms with E-state index in [1.54, 1.807) is 0 Å². The Bertz CT molecular complexity index is 761. The fourth-order valence-corrected chi connectivity index (χ4v) is 2.21. The molecule has 8 nitrogen and oxygen atoms in total. The molecule has 2 rings (SSSR count). The number of anilines is 2. The molecule has 2 aromatic rings. The summed E-state index contributed by atoms with van der Waals surface area (Å²) >= 11 is 0. The number of hydrogen-bond donors (Lipinski definition) is 2. The van der Waals surface area contributed by atoms with Crippen molar-refractivity contribution in [3.05, 3.63) is 48.5 Å². The smallest absolute Gasteiger partial charge is 0.744 e. The maximum Gasteiger partial charge on any atom is 2.00 e. The van der Waals surface area contributed by atoms with E-state index in [1.165, 1.54) is 48.5 Å². The average molecular weight is 384 g/mol. The van der Waals surface area contributed by atoms with Crippen molar-refractivity contribution in [2.75, 3.05) is 11.5 Å². The van der Waals surface area contributed by atoms with E-state index in [0.717, 1.165) is 0 Å². The molecule has 0 aliphatic rings. The van der Waals surface area contributed by atoms with E-state index in [0.29, 0.717) is 11.4 Å². The minimum absolute atomic E-state index is 0. The van der Waals surface area contributed by atoms with Crippen molar-refractivity contribution in [3.63, 3.8) is 0 Å². The van der Waals surface area contributed by atoms with Crippen LogP contribution in [0.1, 0.15) is 0 Å². The monoisotopic (exact) mass is 384 g/mol. The van der Waals surface area contributed by atoms with Crippen molar-refractivity contribution in [1.29, 1.82) is 0 Å². The van der Waals surface area contributed by atoms with Gasteiger partial charge in [0.15, 0.2) is 0 Å². The maximum atomic E-state index is 10.3. The molecule has 0 unspecified atom stereocenters. The van der Waals surface area contributed by atoms with Gasteiger partial charge in [-0.25, -0.2) is 16.8 Å². The summed E-state index contributed by atoms with van der Waals surface area (Å²) in [6, 6.07) is 10.2. The third-order valence-corrected chi connectivity index (χ3v) is 4.04. The topological polar surface area (TPSA) is 166 Å². The van der Waals surface area contributed by atoms with Crippen molar-refractivity contribution in [3.8, 4) is 0 Å². The van der Waals surface area contributed by atoms with Crippen LogP contribution in [0.5, 0.6) is 0 Å². The Morgan fingerprint density at radius 2 is 0.826 bits per heavy atom. The second-order valence-electron chi connectivity index (χ2n) is 4.05. The summed E-state index contributed by atoms with van der Waals surface area (Å²) in [6.45, 7) is 0. The maximum absolute atomic E-state index is 10.3. The van der Waals surface area contributed by atoms with Crippen LogP contribution in [0.15, 0.2) is 58.3 Å². The normalized spacial score (nSPS) is 10.9. The Kier molecular flexibility index (Phi) is 8.49. The summed E-state index contributed by atoms with van der Waals surface area (Å²) in [6.07, 6.45) is 0. The second-order valence-corrected chi connectivity index (χ2v) is 6.81. The van der Waals surface area contributed by atoms with Gasteiger partial charge in [0.25, 0.3) is 0 Å². The van der Waals surface area contributed by atoms with E-state index in [4.69, 9.17) is 11.5 Å². The number of hydrogen-bond acceptors (Lipinski definition) is 8. The molecule has 0 bridgehead atoms. The predicted molar refractivity (Wildman–Crippen MR) is 83.4 cm³/mol. The standard InChI is InChI=1S/2C6H7NO3S.Ca/c2*7-5-1-3-6(4-2-5)11(8,9)10;/h2*1-4H,7H2,(H,8,9,10);/q;;+2/p-2. The van der Waals surface area contributed by atoms with Gasteiger partial charge in [0.05, 0.1) is 9.79 Å². The van der Waals surface area contributed by atoms with Crippen molar-refractivity contribution in [1.82, 2.24) is 0 Å². The van der Waals surface area contributed by atoms with E-state index < -0.39 is 20.2 Å². The molecular formula is C12H12CaN2O6S2. The first kappa shape index (κ1) is 22.1. The van der Waals surface area contributed by atoms with Crippen LogP contribution in [0, 0.1) is 0 Å². The van der Waals surface area contributed by atoms with Crippen LogP contribution in [0.4, 0.5) is 11.4 Å². The molecule has 0 spiro atoms. The molecule has 11 heteroatoms. The van der Waals surface area contributed by atoms with Gasteiger partial charge in [0.1, 0.15) is 20.2 Å². The number of nitrogen functional groups attached to an aromatic ring is 2. The Morgan fingerprint density at radius 1 is 0.609 bits per heavy atom. The third kappa shape index (κ3) is 7.97. The van der Waals surface area contributed by atoms with Gasteiger partial charge in [0.2, 0.25) is 0 Å². The largest absolute Gasteiger partial charge is 2.00 e. The quantitative estimate of drug-likeness (QED) is 0.413. The first-order chi connectivity index (χ1) is 10.00. The van der Waals surface area contributed by atoms with Gasteiger partial charge in [-0.15, -0.1) is 0 Å². The molecule has 0 heterocycles. The van der Waals surface area contributed by atoms with E-state index >= 15 is 0 Å². The van der Waals surface area contributed by atoms with Crippen LogP contribution in [0.25, 0.3) is 0 Å². The fourth-order valence-electron chi connectivity index (χ4n) is 1.27.